The molecule has 0 unspecified atom stereocenters. The Bertz CT molecular complexity index is 652. The summed E-state index contributed by atoms with van der Waals surface area (Å²) in [5, 5.41) is 3.20. The molecule has 0 spiro atoms. The number of aromatic nitrogens is 1. The van der Waals surface area contributed by atoms with Crippen molar-refractivity contribution in [2.24, 2.45) is 7.05 Å². The van der Waals surface area contributed by atoms with Crippen LogP contribution in [-0.2, 0) is 7.05 Å². The van der Waals surface area contributed by atoms with E-state index in [1.807, 2.05) is 18.2 Å². The highest BCUT2D eigenvalue weighted by atomic mass is 35.5. The van der Waals surface area contributed by atoms with Crippen LogP contribution < -0.4 is 0 Å². The Kier molecular flexibility index (Phi) is 1.77. The average Bonchev–Trinajstić information content (AvgIpc) is 2.55. The summed E-state index contributed by atoms with van der Waals surface area (Å²) in [6, 6.07) is 14.4. The molecule has 0 saturated heterocycles. The molecule has 74 valence electrons. The molecule has 0 radical (unpaired) electrons. The quantitative estimate of drug-likeness (QED) is 0.535. The number of hydrogen-bond acceptors (Lipinski definition) is 0. The van der Waals surface area contributed by atoms with Crippen LogP contribution in [0.25, 0.3) is 21.8 Å². The van der Waals surface area contributed by atoms with E-state index in [-0.39, 0.29) is 0 Å². The first-order chi connectivity index (χ1) is 7.29. The first-order valence-electron chi connectivity index (χ1n) is 4.90. The summed E-state index contributed by atoms with van der Waals surface area (Å²) in [5.41, 5.74) is 2.41. The Balaban J connectivity index is 2.70. The molecule has 1 nitrogen and oxygen atoms in total. The van der Waals surface area contributed by atoms with Gasteiger partial charge in [-0.05, 0) is 18.2 Å². The number of aryl methyl sites for hydroxylation is 1. The molecular weight excluding hydrogens is 206 g/mol. The SMILES string of the molecule is Cn1c2ccccc2c2c(Cl)cccc21. The molecule has 2 aromatic carbocycles. The van der Waals surface area contributed by atoms with Crippen LogP contribution in [-0.4, -0.2) is 4.57 Å². The standard InChI is InChI=1S/C13H10ClN/c1-15-11-7-3-2-5-9(11)13-10(14)6-4-8-12(13)15/h2-8H,1H3. The molecule has 3 aromatic rings. The van der Waals surface area contributed by atoms with Crippen LogP contribution in [0.1, 0.15) is 0 Å². The van der Waals surface area contributed by atoms with E-state index < -0.39 is 0 Å². The van der Waals surface area contributed by atoms with Crippen LogP contribution in [0.5, 0.6) is 0 Å². The van der Waals surface area contributed by atoms with Crippen molar-refractivity contribution in [2.45, 2.75) is 0 Å². The van der Waals surface area contributed by atoms with Crippen molar-refractivity contribution in [1.82, 2.24) is 4.57 Å². The summed E-state index contributed by atoms with van der Waals surface area (Å²) in [6.45, 7) is 0. The van der Waals surface area contributed by atoms with Gasteiger partial charge in [0.2, 0.25) is 0 Å². The highest BCUT2D eigenvalue weighted by Gasteiger charge is 2.09. The fourth-order valence-corrected chi connectivity index (χ4v) is 2.44. The van der Waals surface area contributed by atoms with E-state index in [9.17, 15) is 0 Å². The Morgan fingerprint density at radius 2 is 1.67 bits per heavy atom. The molecule has 1 heterocycles. The zero-order chi connectivity index (χ0) is 10.4. The summed E-state index contributed by atoms with van der Waals surface area (Å²) >= 11 is 6.24. The van der Waals surface area contributed by atoms with Gasteiger partial charge in [-0.2, -0.15) is 0 Å². The molecular formula is C13H10ClN. The lowest BCUT2D eigenvalue weighted by Gasteiger charge is -1.96. The zero-order valence-electron chi connectivity index (χ0n) is 8.37. The van der Waals surface area contributed by atoms with Crippen LogP contribution >= 0.6 is 11.6 Å². The minimum atomic E-state index is 0.823. The minimum Gasteiger partial charge on any atom is -0.344 e. The van der Waals surface area contributed by atoms with Crippen LogP contribution in [0.2, 0.25) is 5.02 Å². The monoisotopic (exact) mass is 215 g/mol. The predicted octanol–water partition coefficient (Wildman–Crippen LogP) is 3.98. The predicted molar refractivity (Wildman–Crippen MR) is 65.4 cm³/mol. The van der Waals surface area contributed by atoms with Crippen molar-refractivity contribution < 1.29 is 0 Å². The number of rotatable bonds is 0. The fourth-order valence-electron chi connectivity index (χ4n) is 2.17. The van der Waals surface area contributed by atoms with Crippen LogP contribution in [0.4, 0.5) is 0 Å². The second kappa shape index (κ2) is 3.01. The third-order valence-corrected chi connectivity index (χ3v) is 3.20. The summed E-state index contributed by atoms with van der Waals surface area (Å²) in [7, 11) is 2.07. The summed E-state index contributed by atoms with van der Waals surface area (Å²) in [4.78, 5) is 0. The van der Waals surface area contributed by atoms with Gasteiger partial charge in [-0.1, -0.05) is 35.9 Å². The molecule has 0 aliphatic heterocycles. The normalized spacial score (nSPS) is 11.3. The molecule has 3 rings (SSSR count). The van der Waals surface area contributed by atoms with E-state index in [1.165, 1.54) is 16.4 Å². The molecule has 15 heavy (non-hydrogen) atoms. The molecule has 0 saturated carbocycles. The van der Waals surface area contributed by atoms with E-state index in [4.69, 9.17) is 11.6 Å². The van der Waals surface area contributed by atoms with Gasteiger partial charge >= 0.3 is 0 Å². The van der Waals surface area contributed by atoms with Gasteiger partial charge in [0.15, 0.2) is 0 Å². The van der Waals surface area contributed by atoms with Gasteiger partial charge in [0.05, 0.1) is 10.5 Å². The van der Waals surface area contributed by atoms with Crippen molar-refractivity contribution >= 4 is 33.4 Å². The van der Waals surface area contributed by atoms with E-state index in [2.05, 4.69) is 35.9 Å². The summed E-state index contributed by atoms with van der Waals surface area (Å²) in [5.74, 6) is 0. The molecule has 0 amide bonds. The molecule has 1 aromatic heterocycles. The summed E-state index contributed by atoms with van der Waals surface area (Å²) < 4.78 is 2.18. The second-order valence-electron chi connectivity index (χ2n) is 3.71. The minimum absolute atomic E-state index is 0.823. The molecule has 2 heteroatoms. The van der Waals surface area contributed by atoms with Gasteiger partial charge < -0.3 is 4.57 Å². The van der Waals surface area contributed by atoms with Gasteiger partial charge in [0, 0.05) is 23.3 Å². The zero-order valence-corrected chi connectivity index (χ0v) is 9.12. The van der Waals surface area contributed by atoms with Gasteiger partial charge in [0.25, 0.3) is 0 Å². The Hall–Kier alpha value is -1.47. The maximum Gasteiger partial charge on any atom is 0.0506 e. The smallest absolute Gasteiger partial charge is 0.0506 e. The second-order valence-corrected chi connectivity index (χ2v) is 4.12. The average molecular weight is 216 g/mol. The van der Waals surface area contributed by atoms with E-state index in [0.29, 0.717) is 0 Å². The number of halogens is 1. The Morgan fingerprint density at radius 3 is 2.53 bits per heavy atom. The van der Waals surface area contributed by atoms with Gasteiger partial charge in [-0.15, -0.1) is 0 Å². The molecule has 0 N–H and O–H groups in total. The summed E-state index contributed by atoms with van der Waals surface area (Å²) in [6.07, 6.45) is 0. The van der Waals surface area contributed by atoms with Crippen molar-refractivity contribution in [3.63, 3.8) is 0 Å². The lowest BCUT2D eigenvalue weighted by atomic mass is 10.1. The molecule has 0 bridgehead atoms. The van der Waals surface area contributed by atoms with Gasteiger partial charge in [-0.25, -0.2) is 0 Å². The Labute approximate surface area is 92.9 Å². The largest absolute Gasteiger partial charge is 0.344 e. The first-order valence-corrected chi connectivity index (χ1v) is 5.28. The third-order valence-electron chi connectivity index (χ3n) is 2.89. The van der Waals surface area contributed by atoms with Crippen molar-refractivity contribution in [3.05, 3.63) is 47.5 Å². The molecule has 0 aliphatic carbocycles. The van der Waals surface area contributed by atoms with Crippen LogP contribution in [0.3, 0.4) is 0 Å². The topological polar surface area (TPSA) is 4.93 Å². The Morgan fingerprint density at radius 1 is 0.933 bits per heavy atom. The van der Waals surface area contributed by atoms with Crippen LogP contribution in [0, 0.1) is 0 Å². The number of para-hydroxylation sites is 1. The van der Waals surface area contributed by atoms with E-state index >= 15 is 0 Å². The number of fused-ring (bicyclic) bond motifs is 3. The third kappa shape index (κ3) is 1.10. The van der Waals surface area contributed by atoms with E-state index in [1.54, 1.807) is 0 Å². The lowest BCUT2D eigenvalue weighted by Crippen LogP contribution is -1.85. The van der Waals surface area contributed by atoms with Crippen molar-refractivity contribution in [2.75, 3.05) is 0 Å². The van der Waals surface area contributed by atoms with Gasteiger partial charge in [0.1, 0.15) is 0 Å². The first kappa shape index (κ1) is 8.81. The maximum atomic E-state index is 6.24. The molecule has 0 aliphatic rings. The molecule has 0 fully saturated rings. The maximum absolute atomic E-state index is 6.24. The number of hydrogen-bond donors (Lipinski definition) is 0. The van der Waals surface area contributed by atoms with Crippen molar-refractivity contribution in [3.8, 4) is 0 Å². The van der Waals surface area contributed by atoms with E-state index in [0.717, 1.165) is 10.4 Å². The number of nitrogens with zero attached hydrogens (tertiary/aromatic N) is 1. The van der Waals surface area contributed by atoms with Crippen molar-refractivity contribution in [1.29, 1.82) is 0 Å². The molecule has 0 atom stereocenters. The number of benzene rings is 2. The highest BCUT2D eigenvalue weighted by molar-refractivity contribution is 6.38. The lowest BCUT2D eigenvalue weighted by molar-refractivity contribution is 1.01. The fraction of sp³-hybridized carbons (Fsp3) is 0.0769. The highest BCUT2D eigenvalue weighted by Crippen LogP contribution is 2.32. The van der Waals surface area contributed by atoms with Crippen LogP contribution in [0.15, 0.2) is 42.5 Å². The van der Waals surface area contributed by atoms with Gasteiger partial charge in [-0.3, -0.25) is 0 Å².